The Morgan fingerprint density at radius 3 is 2.36 bits per heavy atom. The summed E-state index contributed by atoms with van der Waals surface area (Å²) in [7, 11) is 1.69. The molecule has 1 aromatic carbocycles. The number of hydrogen-bond donors (Lipinski definition) is 0. The molecule has 0 spiro atoms. The lowest BCUT2D eigenvalue weighted by atomic mass is 10.1. The quantitative estimate of drug-likeness (QED) is 0.811. The lowest BCUT2D eigenvalue weighted by Gasteiger charge is -2.34. The van der Waals surface area contributed by atoms with Gasteiger partial charge in [0.2, 0.25) is 0 Å². The molecule has 0 atom stereocenters. The van der Waals surface area contributed by atoms with Gasteiger partial charge in [0.25, 0.3) is 5.91 Å². The molecular formula is C20H25N3O2. The summed E-state index contributed by atoms with van der Waals surface area (Å²) in [5.41, 5.74) is 2.07. The summed E-state index contributed by atoms with van der Waals surface area (Å²) in [6, 6.07) is 11.8. The van der Waals surface area contributed by atoms with Gasteiger partial charge in [-0.25, -0.2) is 0 Å². The monoisotopic (exact) mass is 339 g/mol. The van der Waals surface area contributed by atoms with Crippen LogP contribution in [0.15, 0.2) is 48.8 Å². The van der Waals surface area contributed by atoms with Crippen molar-refractivity contribution in [3.8, 4) is 5.75 Å². The first-order chi connectivity index (χ1) is 12.3. The number of ether oxygens (including phenoxy) is 1. The van der Waals surface area contributed by atoms with Crippen LogP contribution in [-0.2, 0) is 6.42 Å². The number of nitrogens with zero attached hydrogens (tertiary/aromatic N) is 3. The van der Waals surface area contributed by atoms with Crippen molar-refractivity contribution in [3.63, 3.8) is 0 Å². The highest BCUT2D eigenvalue weighted by molar-refractivity contribution is 5.94. The fraction of sp³-hybridized carbons (Fsp3) is 0.400. The van der Waals surface area contributed by atoms with Crippen LogP contribution in [0.4, 0.5) is 0 Å². The third-order valence-corrected chi connectivity index (χ3v) is 4.69. The average Bonchev–Trinajstić information content (AvgIpc) is 2.69. The van der Waals surface area contributed by atoms with Gasteiger partial charge in [-0.15, -0.1) is 0 Å². The van der Waals surface area contributed by atoms with Crippen LogP contribution < -0.4 is 4.74 Å². The number of pyridine rings is 1. The molecule has 0 radical (unpaired) electrons. The van der Waals surface area contributed by atoms with Crippen molar-refractivity contribution >= 4 is 5.91 Å². The molecule has 25 heavy (non-hydrogen) atoms. The van der Waals surface area contributed by atoms with Gasteiger partial charge >= 0.3 is 0 Å². The molecule has 1 saturated heterocycles. The van der Waals surface area contributed by atoms with Crippen LogP contribution in [0.1, 0.15) is 22.3 Å². The van der Waals surface area contributed by atoms with Crippen molar-refractivity contribution < 1.29 is 9.53 Å². The Bertz CT molecular complexity index is 665. The van der Waals surface area contributed by atoms with E-state index in [-0.39, 0.29) is 5.91 Å². The Labute approximate surface area is 149 Å². The zero-order valence-corrected chi connectivity index (χ0v) is 14.7. The van der Waals surface area contributed by atoms with E-state index in [9.17, 15) is 4.79 Å². The molecular weight excluding hydrogens is 314 g/mol. The number of aryl methyl sites for hydroxylation is 1. The highest BCUT2D eigenvalue weighted by Crippen LogP contribution is 2.13. The van der Waals surface area contributed by atoms with E-state index >= 15 is 0 Å². The summed E-state index contributed by atoms with van der Waals surface area (Å²) in [5, 5.41) is 0. The van der Waals surface area contributed by atoms with Gasteiger partial charge in [-0.3, -0.25) is 14.7 Å². The number of rotatable bonds is 6. The van der Waals surface area contributed by atoms with E-state index in [4.69, 9.17) is 4.74 Å². The summed E-state index contributed by atoms with van der Waals surface area (Å²) in [6.45, 7) is 4.55. The fourth-order valence-corrected chi connectivity index (χ4v) is 3.15. The zero-order valence-electron chi connectivity index (χ0n) is 14.7. The van der Waals surface area contributed by atoms with Crippen LogP contribution in [0.2, 0.25) is 0 Å². The Balaban J connectivity index is 1.39. The van der Waals surface area contributed by atoms with E-state index in [1.54, 1.807) is 31.6 Å². The number of benzene rings is 1. The topological polar surface area (TPSA) is 45.7 Å². The first-order valence-electron chi connectivity index (χ1n) is 8.81. The molecule has 1 aliphatic rings. The molecule has 2 aromatic rings. The van der Waals surface area contributed by atoms with E-state index < -0.39 is 0 Å². The molecule has 0 bridgehead atoms. The summed E-state index contributed by atoms with van der Waals surface area (Å²) in [4.78, 5) is 20.8. The van der Waals surface area contributed by atoms with Gasteiger partial charge in [-0.1, -0.05) is 12.1 Å². The molecule has 3 rings (SSSR count). The normalized spacial score (nSPS) is 15.2. The zero-order chi connectivity index (χ0) is 17.5. The SMILES string of the molecule is COc1ccc(CCCN2CCN(C(=O)c3ccncc3)CC2)cc1. The van der Waals surface area contributed by atoms with Crippen LogP contribution in [0.25, 0.3) is 0 Å². The third kappa shape index (κ3) is 4.79. The first kappa shape index (κ1) is 17.4. The van der Waals surface area contributed by atoms with Crippen molar-refractivity contribution in [3.05, 3.63) is 59.9 Å². The largest absolute Gasteiger partial charge is 0.497 e. The maximum Gasteiger partial charge on any atom is 0.254 e. The van der Waals surface area contributed by atoms with Gasteiger partial charge in [0.15, 0.2) is 0 Å². The summed E-state index contributed by atoms with van der Waals surface area (Å²) in [5.74, 6) is 1.01. The van der Waals surface area contributed by atoms with Crippen molar-refractivity contribution in [1.82, 2.24) is 14.8 Å². The van der Waals surface area contributed by atoms with Gasteiger partial charge in [-0.05, 0) is 49.2 Å². The Hall–Kier alpha value is -2.40. The van der Waals surface area contributed by atoms with Crippen molar-refractivity contribution in [1.29, 1.82) is 0 Å². The summed E-state index contributed by atoms with van der Waals surface area (Å²) < 4.78 is 5.19. The van der Waals surface area contributed by atoms with Gasteiger partial charge in [-0.2, -0.15) is 0 Å². The summed E-state index contributed by atoms with van der Waals surface area (Å²) in [6.07, 6.45) is 5.54. The van der Waals surface area contributed by atoms with E-state index in [1.165, 1.54) is 5.56 Å². The van der Waals surface area contributed by atoms with Crippen molar-refractivity contribution in [2.75, 3.05) is 39.8 Å². The van der Waals surface area contributed by atoms with Crippen molar-refractivity contribution in [2.45, 2.75) is 12.8 Å². The molecule has 1 aliphatic heterocycles. The fourth-order valence-electron chi connectivity index (χ4n) is 3.15. The second-order valence-corrected chi connectivity index (χ2v) is 6.32. The van der Waals surface area contributed by atoms with Gasteiger partial charge in [0.05, 0.1) is 7.11 Å². The maximum atomic E-state index is 12.4. The average molecular weight is 339 g/mol. The lowest BCUT2D eigenvalue weighted by Crippen LogP contribution is -2.48. The number of hydrogen-bond acceptors (Lipinski definition) is 4. The van der Waals surface area contributed by atoms with E-state index in [1.807, 2.05) is 17.0 Å². The number of piperazine rings is 1. The van der Waals surface area contributed by atoms with Gasteiger partial charge in [0, 0.05) is 44.1 Å². The molecule has 1 aromatic heterocycles. The number of aromatic nitrogens is 1. The maximum absolute atomic E-state index is 12.4. The van der Waals surface area contributed by atoms with Gasteiger partial charge in [0.1, 0.15) is 5.75 Å². The van der Waals surface area contributed by atoms with E-state index in [0.717, 1.165) is 56.9 Å². The van der Waals surface area contributed by atoms with Crippen LogP contribution in [0.3, 0.4) is 0 Å². The Kier molecular flexibility index (Phi) is 6.01. The predicted octanol–water partition coefficient (Wildman–Crippen LogP) is 2.48. The molecule has 5 heteroatoms. The highest BCUT2D eigenvalue weighted by atomic mass is 16.5. The Morgan fingerprint density at radius 2 is 1.72 bits per heavy atom. The minimum absolute atomic E-state index is 0.111. The van der Waals surface area contributed by atoms with Gasteiger partial charge < -0.3 is 9.64 Å². The molecule has 1 amide bonds. The Morgan fingerprint density at radius 1 is 1.04 bits per heavy atom. The molecule has 132 valence electrons. The van der Waals surface area contributed by atoms with Crippen LogP contribution in [0, 0.1) is 0 Å². The molecule has 0 N–H and O–H groups in total. The number of carbonyl (C=O) groups excluding carboxylic acids is 1. The van der Waals surface area contributed by atoms with E-state index in [2.05, 4.69) is 22.0 Å². The van der Waals surface area contributed by atoms with E-state index in [0.29, 0.717) is 0 Å². The molecule has 0 saturated carbocycles. The second kappa shape index (κ2) is 8.62. The second-order valence-electron chi connectivity index (χ2n) is 6.32. The molecule has 1 fully saturated rings. The number of methoxy groups -OCH3 is 1. The highest BCUT2D eigenvalue weighted by Gasteiger charge is 2.21. The lowest BCUT2D eigenvalue weighted by molar-refractivity contribution is 0.0636. The van der Waals surface area contributed by atoms with Crippen LogP contribution in [0.5, 0.6) is 5.75 Å². The first-order valence-corrected chi connectivity index (χ1v) is 8.81. The van der Waals surface area contributed by atoms with Crippen LogP contribution in [-0.4, -0.2) is 60.5 Å². The molecule has 2 heterocycles. The molecule has 0 unspecified atom stereocenters. The summed E-state index contributed by atoms with van der Waals surface area (Å²) >= 11 is 0. The smallest absolute Gasteiger partial charge is 0.254 e. The minimum Gasteiger partial charge on any atom is -0.497 e. The standard InChI is InChI=1S/C20H25N3O2/c1-25-19-6-4-17(5-7-19)3-2-12-22-13-15-23(16-14-22)20(24)18-8-10-21-11-9-18/h4-11H,2-3,12-16H2,1H3. The number of carbonyl (C=O) groups is 1. The molecule has 0 aliphatic carbocycles. The predicted molar refractivity (Wildman–Crippen MR) is 97.9 cm³/mol. The minimum atomic E-state index is 0.111. The van der Waals surface area contributed by atoms with Crippen molar-refractivity contribution in [2.24, 2.45) is 0 Å². The number of amides is 1. The van der Waals surface area contributed by atoms with Crippen LogP contribution >= 0.6 is 0 Å². The molecule has 5 nitrogen and oxygen atoms in total. The third-order valence-electron chi connectivity index (χ3n) is 4.69.